The minimum atomic E-state index is -0.605. The van der Waals surface area contributed by atoms with Gasteiger partial charge in [-0.3, -0.25) is 14.7 Å². The highest BCUT2D eigenvalue weighted by molar-refractivity contribution is 6.06. The van der Waals surface area contributed by atoms with Crippen molar-refractivity contribution in [2.24, 2.45) is 16.8 Å². The van der Waals surface area contributed by atoms with Crippen molar-refractivity contribution < 1.29 is 24.6 Å². The zero-order chi connectivity index (χ0) is 21.8. The number of aryl methyl sites for hydroxylation is 1. The Balaban J connectivity index is 1.26. The number of hydrogen-bond donors (Lipinski definition) is 3. The SMILES string of the molecule is C[C@@H]1C=C[C@@H]([C@@H](O)CC(=O)CCc2ccc(O)c(OC[NH+]3C=C4C=CN=C4C3)c2)CC1. The Kier molecular flexibility index (Phi) is 6.68. The molecule has 1 aliphatic carbocycles. The molecule has 6 heteroatoms. The van der Waals surface area contributed by atoms with E-state index in [1.165, 1.54) is 0 Å². The van der Waals surface area contributed by atoms with Gasteiger partial charge in [-0.05, 0) is 49.0 Å². The third-order valence-electron chi connectivity index (χ3n) is 6.27. The van der Waals surface area contributed by atoms with Gasteiger partial charge in [0.15, 0.2) is 11.5 Å². The number of ketones is 1. The lowest BCUT2D eigenvalue weighted by Gasteiger charge is -2.24. The fourth-order valence-corrected chi connectivity index (χ4v) is 4.31. The highest BCUT2D eigenvalue weighted by Crippen LogP contribution is 2.28. The number of aliphatic imine (C=N–C) groups is 1. The molecular weight excluding hydrogens is 392 g/mol. The molecule has 3 aliphatic rings. The predicted molar refractivity (Wildman–Crippen MR) is 119 cm³/mol. The molecule has 0 fully saturated rings. The molecule has 1 unspecified atom stereocenters. The smallest absolute Gasteiger partial charge is 0.227 e. The lowest BCUT2D eigenvalue weighted by atomic mass is 9.84. The lowest BCUT2D eigenvalue weighted by Crippen LogP contribution is -3.07. The summed E-state index contributed by atoms with van der Waals surface area (Å²) in [6.45, 7) is 3.33. The first-order chi connectivity index (χ1) is 15.0. The van der Waals surface area contributed by atoms with E-state index < -0.39 is 6.10 Å². The van der Waals surface area contributed by atoms with Gasteiger partial charge in [-0.1, -0.05) is 25.1 Å². The van der Waals surface area contributed by atoms with Crippen molar-refractivity contribution in [3.05, 3.63) is 60.0 Å². The summed E-state index contributed by atoms with van der Waals surface area (Å²) in [6.07, 6.45) is 12.6. The minimum Gasteiger partial charge on any atom is -0.504 e. The number of rotatable bonds is 9. The number of carbonyl (C=O) groups is 1. The van der Waals surface area contributed by atoms with Crippen molar-refractivity contribution >= 4 is 11.5 Å². The van der Waals surface area contributed by atoms with E-state index in [9.17, 15) is 15.0 Å². The first kappa shape index (κ1) is 21.5. The van der Waals surface area contributed by atoms with E-state index in [1.807, 2.05) is 12.1 Å². The van der Waals surface area contributed by atoms with Gasteiger partial charge in [0.25, 0.3) is 0 Å². The summed E-state index contributed by atoms with van der Waals surface area (Å²) >= 11 is 0. The van der Waals surface area contributed by atoms with Gasteiger partial charge in [-0.25, -0.2) is 0 Å². The molecule has 4 atom stereocenters. The van der Waals surface area contributed by atoms with Crippen molar-refractivity contribution in [2.45, 2.75) is 45.1 Å². The molecule has 31 heavy (non-hydrogen) atoms. The topological polar surface area (TPSA) is 83.6 Å². The van der Waals surface area contributed by atoms with E-state index in [-0.39, 0.29) is 23.9 Å². The number of aromatic hydroxyl groups is 1. The van der Waals surface area contributed by atoms with Gasteiger partial charge in [0, 0.05) is 25.0 Å². The molecule has 0 amide bonds. The van der Waals surface area contributed by atoms with Crippen molar-refractivity contribution in [2.75, 3.05) is 13.3 Å². The second-order valence-corrected chi connectivity index (χ2v) is 8.83. The molecular formula is C25H31N2O4+. The summed E-state index contributed by atoms with van der Waals surface area (Å²) in [4.78, 5) is 17.8. The summed E-state index contributed by atoms with van der Waals surface area (Å²) in [5.74, 6) is 1.21. The molecule has 0 spiro atoms. The van der Waals surface area contributed by atoms with Crippen LogP contribution in [0.5, 0.6) is 11.5 Å². The number of hydrogen-bond acceptors (Lipinski definition) is 5. The van der Waals surface area contributed by atoms with Crippen LogP contribution in [0.4, 0.5) is 0 Å². The predicted octanol–water partition coefficient (Wildman–Crippen LogP) is 2.33. The van der Waals surface area contributed by atoms with Crippen LogP contribution in [-0.2, 0) is 11.2 Å². The number of quaternary nitrogens is 1. The number of aliphatic hydroxyl groups excluding tert-OH is 1. The second-order valence-electron chi connectivity index (χ2n) is 8.83. The number of nitrogens with one attached hydrogen (secondary N) is 1. The average molecular weight is 424 g/mol. The number of benzene rings is 1. The van der Waals surface area contributed by atoms with Crippen LogP contribution in [0.1, 0.15) is 38.2 Å². The summed E-state index contributed by atoms with van der Waals surface area (Å²) in [7, 11) is 0. The number of fused-ring (bicyclic) bond motifs is 1. The maximum atomic E-state index is 12.4. The van der Waals surface area contributed by atoms with E-state index in [4.69, 9.17) is 4.74 Å². The maximum Gasteiger partial charge on any atom is 0.227 e. The molecule has 164 valence electrons. The summed E-state index contributed by atoms with van der Waals surface area (Å²) in [5.41, 5.74) is 3.13. The number of nitrogens with zero attached hydrogens (tertiary/aromatic N) is 1. The van der Waals surface area contributed by atoms with Gasteiger partial charge in [0.1, 0.15) is 24.2 Å². The van der Waals surface area contributed by atoms with E-state index in [0.29, 0.717) is 31.2 Å². The van der Waals surface area contributed by atoms with Crippen LogP contribution in [0.2, 0.25) is 0 Å². The quantitative estimate of drug-likeness (QED) is 0.533. The van der Waals surface area contributed by atoms with Crippen LogP contribution in [0.25, 0.3) is 0 Å². The minimum absolute atomic E-state index is 0.0589. The molecule has 0 aromatic heterocycles. The largest absolute Gasteiger partial charge is 0.504 e. The third kappa shape index (κ3) is 5.51. The van der Waals surface area contributed by atoms with Crippen LogP contribution in [0.3, 0.4) is 0 Å². The Morgan fingerprint density at radius 2 is 2.19 bits per heavy atom. The Morgan fingerprint density at radius 1 is 1.32 bits per heavy atom. The van der Waals surface area contributed by atoms with Crippen LogP contribution in [0.15, 0.2) is 59.4 Å². The number of aliphatic hydroxyl groups is 1. The van der Waals surface area contributed by atoms with Crippen molar-refractivity contribution in [1.29, 1.82) is 0 Å². The molecule has 6 nitrogen and oxygen atoms in total. The highest BCUT2D eigenvalue weighted by Gasteiger charge is 2.25. The monoisotopic (exact) mass is 423 g/mol. The number of phenols is 1. The molecule has 0 saturated heterocycles. The Hall–Kier alpha value is -2.70. The molecule has 2 heterocycles. The van der Waals surface area contributed by atoms with Crippen LogP contribution in [0, 0.1) is 11.8 Å². The summed E-state index contributed by atoms with van der Waals surface area (Å²) < 4.78 is 5.84. The number of allylic oxidation sites excluding steroid dienone is 2. The summed E-state index contributed by atoms with van der Waals surface area (Å²) in [5, 5.41) is 20.5. The standard InChI is InChI=1S/C25H30N2O4/c1-17-2-6-19(7-3-17)24(30)13-21(28)8-4-18-5-9-23(29)25(12-18)31-16-27-14-20-10-11-26-22(20)15-27/h2,5-6,9-12,14,17,19,24,29-30H,3-4,7-8,13,15-16H2,1H3/p+1/t17-,19-,24+/m1/s1. The van der Waals surface area contributed by atoms with Crippen LogP contribution < -0.4 is 9.64 Å². The normalized spacial score (nSPS) is 25.2. The lowest BCUT2D eigenvalue weighted by molar-refractivity contribution is -0.851. The maximum absolute atomic E-state index is 12.4. The van der Waals surface area contributed by atoms with Crippen molar-refractivity contribution in [1.82, 2.24) is 0 Å². The average Bonchev–Trinajstić information content (AvgIpc) is 3.34. The van der Waals surface area contributed by atoms with E-state index >= 15 is 0 Å². The Morgan fingerprint density at radius 3 is 2.97 bits per heavy atom. The van der Waals surface area contributed by atoms with E-state index in [1.54, 1.807) is 18.3 Å². The fraction of sp³-hybridized carbons (Fsp3) is 0.440. The molecule has 0 bridgehead atoms. The van der Waals surface area contributed by atoms with Gasteiger partial charge in [0.2, 0.25) is 6.73 Å². The molecule has 0 radical (unpaired) electrons. The highest BCUT2D eigenvalue weighted by atomic mass is 16.5. The molecule has 1 aromatic rings. The van der Waals surface area contributed by atoms with Crippen molar-refractivity contribution in [3.8, 4) is 11.5 Å². The number of Topliss-reactive ketones (excluding diaryl/α,β-unsaturated/α-hetero) is 1. The number of ether oxygens (including phenoxy) is 1. The Labute approximate surface area is 183 Å². The van der Waals surface area contributed by atoms with Gasteiger partial charge < -0.3 is 14.9 Å². The van der Waals surface area contributed by atoms with Crippen molar-refractivity contribution in [3.63, 3.8) is 0 Å². The second kappa shape index (κ2) is 9.62. The first-order valence-electron chi connectivity index (χ1n) is 11.1. The van der Waals surface area contributed by atoms with E-state index in [2.05, 4.69) is 30.3 Å². The molecule has 2 aliphatic heterocycles. The molecule has 4 rings (SSSR count). The van der Waals surface area contributed by atoms with Gasteiger partial charge in [-0.15, -0.1) is 0 Å². The van der Waals surface area contributed by atoms with Gasteiger partial charge >= 0.3 is 0 Å². The fourth-order valence-electron chi connectivity index (χ4n) is 4.31. The third-order valence-corrected chi connectivity index (χ3v) is 6.27. The molecule has 0 saturated carbocycles. The zero-order valence-electron chi connectivity index (χ0n) is 18.0. The van der Waals surface area contributed by atoms with Gasteiger partial charge in [-0.2, -0.15) is 0 Å². The number of carbonyl (C=O) groups excluding carboxylic acids is 1. The first-order valence-corrected chi connectivity index (χ1v) is 11.1. The van der Waals surface area contributed by atoms with Crippen LogP contribution >= 0.6 is 0 Å². The van der Waals surface area contributed by atoms with Gasteiger partial charge in [0.05, 0.1) is 11.7 Å². The Bertz CT molecular complexity index is 947. The molecule has 3 N–H and O–H groups in total. The van der Waals surface area contributed by atoms with Crippen LogP contribution in [-0.4, -0.2) is 41.1 Å². The molecule has 1 aromatic carbocycles. The van der Waals surface area contributed by atoms with E-state index in [0.717, 1.165) is 41.1 Å². The number of phenolic OH excluding ortho intramolecular Hbond substituents is 1. The zero-order valence-corrected chi connectivity index (χ0v) is 18.0. The summed E-state index contributed by atoms with van der Waals surface area (Å²) in [6, 6.07) is 5.22.